The van der Waals surface area contributed by atoms with Gasteiger partial charge in [0.2, 0.25) is 19.2 Å². The van der Waals surface area contributed by atoms with Crippen molar-refractivity contribution in [2.45, 2.75) is 4.34 Å². The first-order chi connectivity index (χ1) is 8.30. The highest BCUT2D eigenvalue weighted by Gasteiger charge is 2.23. The van der Waals surface area contributed by atoms with E-state index in [1.54, 1.807) is 0 Å². The molecule has 0 saturated heterocycles. The number of hydrogen-bond acceptors (Lipinski definition) is 8. The summed E-state index contributed by atoms with van der Waals surface area (Å²) in [7, 11) is -1.99. The molecule has 0 fully saturated rings. The smallest absolute Gasteiger partial charge is 0.342 e. The molecule has 0 amide bonds. The van der Waals surface area contributed by atoms with E-state index in [4.69, 9.17) is 0 Å². The Morgan fingerprint density at radius 2 is 2.11 bits per heavy atom. The van der Waals surface area contributed by atoms with Gasteiger partial charge < -0.3 is 10.1 Å². The highest BCUT2D eigenvalue weighted by atomic mass is 32.2. The maximum Gasteiger partial charge on any atom is 0.342 e. The van der Waals surface area contributed by atoms with Crippen LogP contribution >= 0.6 is 11.3 Å². The summed E-state index contributed by atoms with van der Waals surface area (Å²) in [5.74, 6) is -0.00444. The first-order valence-corrected chi connectivity index (χ1v) is 7.21. The van der Waals surface area contributed by atoms with Crippen molar-refractivity contribution in [2.24, 2.45) is 7.05 Å². The van der Waals surface area contributed by atoms with Crippen LogP contribution in [0.1, 0.15) is 0 Å². The van der Waals surface area contributed by atoms with Gasteiger partial charge in [0, 0.05) is 6.26 Å². The molecule has 0 aliphatic heterocycles. The molecule has 0 saturated carbocycles. The minimum absolute atomic E-state index is 0.150. The zero-order valence-electron chi connectivity index (χ0n) is 9.26. The van der Waals surface area contributed by atoms with E-state index in [1.165, 1.54) is 11.6 Å². The lowest BCUT2D eigenvalue weighted by Gasteiger charge is -1.94. The second-order valence-corrected chi connectivity index (χ2v) is 6.57. The van der Waals surface area contributed by atoms with Gasteiger partial charge in [-0.3, -0.25) is 0 Å². The Bertz CT molecular complexity index is 716. The van der Waals surface area contributed by atoms with E-state index >= 15 is 0 Å². The molecule has 0 atom stereocenters. The van der Waals surface area contributed by atoms with Crippen LogP contribution in [0.25, 0.3) is 10.8 Å². The first-order valence-electron chi connectivity index (χ1n) is 4.50. The highest BCUT2D eigenvalue weighted by Crippen LogP contribution is 2.26. The molecule has 2 aromatic rings. The molecule has 0 aliphatic carbocycles. The summed E-state index contributed by atoms with van der Waals surface area (Å²) in [6, 6.07) is 0. The average Bonchev–Trinajstić information content (AvgIpc) is 2.81. The molecule has 9 nitrogen and oxygen atoms in total. The monoisotopic (exact) mass is 289 g/mol. The van der Waals surface area contributed by atoms with Crippen LogP contribution in [-0.4, -0.2) is 39.3 Å². The van der Waals surface area contributed by atoms with E-state index in [0.717, 1.165) is 23.8 Å². The van der Waals surface area contributed by atoms with E-state index in [1.807, 2.05) is 0 Å². The van der Waals surface area contributed by atoms with Gasteiger partial charge in [-0.15, -0.1) is 10.2 Å². The van der Waals surface area contributed by atoms with Gasteiger partial charge in [-0.1, -0.05) is 11.3 Å². The zero-order valence-corrected chi connectivity index (χ0v) is 10.9. The summed E-state index contributed by atoms with van der Waals surface area (Å²) < 4.78 is 23.6. The molecule has 18 heavy (non-hydrogen) atoms. The fraction of sp³-hybridized carbons (Fsp3) is 0.286. The molecule has 0 bridgehead atoms. The van der Waals surface area contributed by atoms with Crippen LogP contribution in [0.4, 0.5) is 5.82 Å². The second kappa shape index (κ2) is 4.10. The Hall–Kier alpha value is -1.88. The van der Waals surface area contributed by atoms with Crippen molar-refractivity contribution in [3.63, 3.8) is 0 Å². The second-order valence-electron chi connectivity index (χ2n) is 3.40. The Morgan fingerprint density at radius 1 is 1.44 bits per heavy atom. The summed E-state index contributed by atoms with van der Waals surface area (Å²) in [5.41, 5.74) is 0. The summed E-state index contributed by atoms with van der Waals surface area (Å²) in [4.78, 5) is 13.9. The van der Waals surface area contributed by atoms with Crippen molar-refractivity contribution < 1.29 is 13.3 Å². The van der Waals surface area contributed by atoms with Crippen molar-refractivity contribution in [3.8, 4) is 10.8 Å². The lowest BCUT2D eigenvalue weighted by Crippen LogP contribution is -1.98. The van der Waals surface area contributed by atoms with Crippen molar-refractivity contribution in [1.29, 1.82) is 0 Å². The van der Waals surface area contributed by atoms with Crippen molar-refractivity contribution >= 4 is 27.0 Å². The van der Waals surface area contributed by atoms with E-state index in [0.29, 0.717) is 0 Å². The van der Waals surface area contributed by atoms with Gasteiger partial charge in [-0.05, 0) is 4.92 Å². The minimum Gasteiger partial charge on any atom is -0.358 e. The molecule has 0 spiro atoms. The number of rotatable bonds is 3. The molecule has 11 heteroatoms. The van der Waals surface area contributed by atoms with Crippen LogP contribution in [0.3, 0.4) is 0 Å². The molecule has 0 aromatic carbocycles. The van der Waals surface area contributed by atoms with Gasteiger partial charge in [0.05, 0.1) is 7.05 Å². The maximum atomic E-state index is 11.2. The number of hydrogen-bond donors (Lipinski definition) is 0. The molecule has 2 aromatic heterocycles. The van der Waals surface area contributed by atoms with Crippen molar-refractivity contribution in [3.05, 3.63) is 16.3 Å². The van der Waals surface area contributed by atoms with Crippen LogP contribution in [0, 0.1) is 10.1 Å². The van der Waals surface area contributed by atoms with Gasteiger partial charge in [0.25, 0.3) is 5.82 Å². The molecule has 96 valence electrons. The molecule has 0 N–H and O–H groups in total. The lowest BCUT2D eigenvalue weighted by molar-refractivity contribution is -0.391. The SMILES string of the molecule is Cn1c([N+](=O)[O-])cnc1-c1nnc(S(C)(=O)=O)s1. The van der Waals surface area contributed by atoms with Crippen LogP contribution in [0.15, 0.2) is 10.5 Å². The molecule has 0 radical (unpaired) electrons. The van der Waals surface area contributed by atoms with E-state index in [9.17, 15) is 18.5 Å². The topological polar surface area (TPSA) is 121 Å². The van der Waals surface area contributed by atoms with Crippen LogP contribution in [0.5, 0.6) is 0 Å². The summed E-state index contributed by atoms with van der Waals surface area (Å²) in [6.07, 6.45) is 2.09. The summed E-state index contributed by atoms with van der Waals surface area (Å²) in [5, 5.41) is 18.0. The zero-order chi connectivity index (χ0) is 13.5. The Balaban J connectivity index is 2.50. The average molecular weight is 289 g/mol. The minimum atomic E-state index is -3.44. The molecule has 2 heterocycles. The molecule has 2 rings (SSSR count). The predicted octanol–water partition coefficient (Wildman–Crippen LogP) is 0.250. The van der Waals surface area contributed by atoms with Crippen molar-refractivity contribution in [1.82, 2.24) is 19.7 Å². The van der Waals surface area contributed by atoms with Gasteiger partial charge in [-0.2, -0.15) is 0 Å². The number of sulfone groups is 1. The first kappa shape index (κ1) is 12.6. The Morgan fingerprint density at radius 3 is 2.56 bits per heavy atom. The van der Waals surface area contributed by atoms with E-state index in [2.05, 4.69) is 15.2 Å². The highest BCUT2D eigenvalue weighted by molar-refractivity contribution is 7.92. The third kappa shape index (κ3) is 2.09. The van der Waals surface area contributed by atoms with Gasteiger partial charge >= 0.3 is 5.82 Å². The van der Waals surface area contributed by atoms with E-state index in [-0.39, 0.29) is 21.0 Å². The maximum absolute atomic E-state index is 11.2. The van der Waals surface area contributed by atoms with Crippen LogP contribution in [0.2, 0.25) is 0 Å². The molecular weight excluding hydrogens is 282 g/mol. The molecular formula is C7H7N5O4S2. The number of nitrogens with zero attached hydrogens (tertiary/aromatic N) is 5. The quantitative estimate of drug-likeness (QED) is 0.586. The van der Waals surface area contributed by atoms with Gasteiger partial charge in [-0.25, -0.2) is 18.0 Å². The van der Waals surface area contributed by atoms with Crippen LogP contribution in [-0.2, 0) is 16.9 Å². The third-order valence-corrected chi connectivity index (χ3v) is 4.65. The standard InChI is InChI=1S/C7H7N5O4S2/c1-11-4(12(13)14)3-8-5(11)6-9-10-7(17-6)18(2,15)16/h3H,1-2H3. The fourth-order valence-electron chi connectivity index (χ4n) is 1.22. The molecule has 0 unspecified atom stereocenters. The van der Waals surface area contributed by atoms with Gasteiger partial charge in [0.1, 0.15) is 6.20 Å². The van der Waals surface area contributed by atoms with E-state index < -0.39 is 14.8 Å². The number of aromatic nitrogens is 4. The summed E-state index contributed by atoms with van der Waals surface area (Å²) >= 11 is 0.816. The summed E-state index contributed by atoms with van der Waals surface area (Å²) in [6.45, 7) is 0. The number of nitro groups is 1. The largest absolute Gasteiger partial charge is 0.358 e. The van der Waals surface area contributed by atoms with Gasteiger partial charge in [0.15, 0.2) is 0 Å². The third-order valence-electron chi connectivity index (χ3n) is 2.07. The Labute approximate surface area is 105 Å². The lowest BCUT2D eigenvalue weighted by atomic mass is 10.6. The predicted molar refractivity (Wildman–Crippen MR) is 61.9 cm³/mol. The van der Waals surface area contributed by atoms with Crippen LogP contribution < -0.4 is 0 Å². The fourth-order valence-corrected chi connectivity index (χ4v) is 2.86. The molecule has 0 aliphatic rings. The number of imidazole rings is 1. The normalized spacial score (nSPS) is 11.7. The Kier molecular flexibility index (Phi) is 2.86. The van der Waals surface area contributed by atoms with Crippen molar-refractivity contribution in [2.75, 3.05) is 6.26 Å².